The molecule has 0 saturated carbocycles. The molecule has 2 aromatic heterocycles. The number of nitrogens with zero attached hydrogens (tertiary/aromatic N) is 4. The van der Waals surface area contributed by atoms with Crippen molar-refractivity contribution in [3.8, 4) is 0 Å². The summed E-state index contributed by atoms with van der Waals surface area (Å²) in [6.45, 7) is 4.96. The van der Waals surface area contributed by atoms with Crippen LogP contribution in [0.25, 0.3) is 0 Å². The maximum atomic E-state index is 4.38. The largest absolute Gasteiger partial charge is 0.334 e. The van der Waals surface area contributed by atoms with Gasteiger partial charge in [0.05, 0.1) is 0 Å². The summed E-state index contributed by atoms with van der Waals surface area (Å²) in [6, 6.07) is -0.0643. The van der Waals surface area contributed by atoms with Crippen molar-refractivity contribution in [2.24, 2.45) is 0 Å². The third kappa shape index (κ3) is 2.34. The monoisotopic (exact) mass is 231 g/mol. The molecule has 2 rings (SSSR count). The molecular weight excluding hydrogens is 214 g/mol. The van der Waals surface area contributed by atoms with Crippen LogP contribution in [-0.2, 0) is 6.54 Å². The zero-order valence-corrected chi connectivity index (χ0v) is 10.4. The summed E-state index contributed by atoms with van der Waals surface area (Å²) in [6.07, 6.45) is 7.42. The van der Waals surface area contributed by atoms with Gasteiger partial charge in [-0.2, -0.15) is 0 Å². The molecule has 5 heteroatoms. The third-order valence-corrected chi connectivity index (χ3v) is 2.69. The van der Waals surface area contributed by atoms with Crippen molar-refractivity contribution >= 4 is 0 Å². The fraction of sp³-hybridized carbons (Fsp3) is 0.417. The van der Waals surface area contributed by atoms with Gasteiger partial charge in [0.15, 0.2) is 5.82 Å². The molecule has 1 atom stereocenters. The molecule has 17 heavy (non-hydrogen) atoms. The average Bonchev–Trinajstić information content (AvgIpc) is 2.81. The normalized spacial score (nSPS) is 12.6. The molecule has 2 heterocycles. The second-order valence-corrected chi connectivity index (χ2v) is 3.91. The predicted octanol–water partition coefficient (Wildman–Crippen LogP) is 1.31. The molecule has 0 saturated heterocycles. The molecule has 0 spiro atoms. The number of aromatic nitrogens is 4. The molecule has 0 aliphatic carbocycles. The number of nitrogens with one attached hydrogen (secondary N) is 1. The lowest BCUT2D eigenvalue weighted by molar-refractivity contribution is 0.564. The molecule has 1 N–H and O–H groups in total. The van der Waals surface area contributed by atoms with Crippen LogP contribution >= 0.6 is 0 Å². The minimum Gasteiger partial charge on any atom is -0.334 e. The Bertz CT molecular complexity index is 474. The number of hydrogen-bond acceptors (Lipinski definition) is 4. The zero-order chi connectivity index (χ0) is 12.3. The van der Waals surface area contributed by atoms with Crippen molar-refractivity contribution < 1.29 is 0 Å². The van der Waals surface area contributed by atoms with Gasteiger partial charge in [-0.05, 0) is 26.5 Å². The summed E-state index contributed by atoms with van der Waals surface area (Å²) in [4.78, 5) is 13.1. The number of hydrogen-bond donors (Lipinski definition) is 1. The van der Waals surface area contributed by atoms with Gasteiger partial charge in [0.25, 0.3) is 0 Å². The molecule has 0 aliphatic rings. The van der Waals surface area contributed by atoms with Crippen LogP contribution in [0, 0.1) is 6.92 Å². The van der Waals surface area contributed by atoms with E-state index in [-0.39, 0.29) is 6.04 Å². The van der Waals surface area contributed by atoms with E-state index in [4.69, 9.17) is 0 Å². The molecule has 0 aliphatic heterocycles. The van der Waals surface area contributed by atoms with Crippen LogP contribution in [0.4, 0.5) is 0 Å². The fourth-order valence-electron chi connectivity index (χ4n) is 1.77. The highest BCUT2D eigenvalue weighted by atomic mass is 15.1. The van der Waals surface area contributed by atoms with Gasteiger partial charge in [-0.15, -0.1) is 0 Å². The maximum Gasteiger partial charge on any atom is 0.152 e. The highest BCUT2D eigenvalue weighted by molar-refractivity contribution is 5.13. The highest BCUT2D eigenvalue weighted by Crippen LogP contribution is 2.16. The van der Waals surface area contributed by atoms with Gasteiger partial charge in [0.2, 0.25) is 0 Å². The molecule has 5 nitrogen and oxygen atoms in total. The van der Waals surface area contributed by atoms with Crippen molar-refractivity contribution in [1.82, 2.24) is 24.8 Å². The standard InChI is InChI=1S/C12H17N5/c1-4-17-6-5-14-12(17)10(13-3)11-15-7-9(2)8-16-11/h5-8,10,13H,4H2,1-3H3. The Labute approximate surface area is 101 Å². The van der Waals surface area contributed by atoms with Crippen molar-refractivity contribution in [3.05, 3.63) is 42.0 Å². The van der Waals surface area contributed by atoms with E-state index in [2.05, 4.69) is 31.8 Å². The van der Waals surface area contributed by atoms with E-state index in [1.807, 2.05) is 32.6 Å². The molecule has 0 radical (unpaired) electrons. The molecule has 0 aromatic carbocycles. The molecule has 90 valence electrons. The minimum absolute atomic E-state index is 0.0643. The van der Waals surface area contributed by atoms with Crippen molar-refractivity contribution in [2.75, 3.05) is 7.05 Å². The predicted molar refractivity (Wildman–Crippen MR) is 65.6 cm³/mol. The summed E-state index contributed by atoms with van der Waals surface area (Å²) >= 11 is 0. The topological polar surface area (TPSA) is 55.6 Å². The fourth-order valence-corrected chi connectivity index (χ4v) is 1.77. The van der Waals surface area contributed by atoms with E-state index < -0.39 is 0 Å². The van der Waals surface area contributed by atoms with E-state index >= 15 is 0 Å². The highest BCUT2D eigenvalue weighted by Gasteiger charge is 2.19. The molecule has 1 unspecified atom stereocenters. The number of imidazole rings is 1. The van der Waals surface area contributed by atoms with Gasteiger partial charge in [-0.1, -0.05) is 0 Å². The first-order valence-electron chi connectivity index (χ1n) is 5.73. The van der Waals surface area contributed by atoms with Crippen molar-refractivity contribution in [3.63, 3.8) is 0 Å². The molecule has 0 fully saturated rings. The van der Waals surface area contributed by atoms with Gasteiger partial charge in [-0.25, -0.2) is 15.0 Å². The van der Waals surface area contributed by atoms with E-state index in [1.54, 1.807) is 6.20 Å². The summed E-state index contributed by atoms with van der Waals surface area (Å²) in [5.74, 6) is 1.69. The second-order valence-electron chi connectivity index (χ2n) is 3.91. The molecule has 2 aromatic rings. The zero-order valence-electron chi connectivity index (χ0n) is 10.4. The van der Waals surface area contributed by atoms with Gasteiger partial charge >= 0.3 is 0 Å². The first kappa shape index (κ1) is 11.7. The lowest BCUT2D eigenvalue weighted by Gasteiger charge is -2.15. The number of aryl methyl sites for hydroxylation is 2. The summed E-state index contributed by atoms with van der Waals surface area (Å²) in [5, 5.41) is 3.21. The van der Waals surface area contributed by atoms with E-state index in [9.17, 15) is 0 Å². The Morgan fingerprint density at radius 2 is 2.00 bits per heavy atom. The lowest BCUT2D eigenvalue weighted by Crippen LogP contribution is -2.23. The smallest absolute Gasteiger partial charge is 0.152 e. The van der Waals surface area contributed by atoms with Crippen LogP contribution in [0.1, 0.15) is 30.2 Å². The quantitative estimate of drug-likeness (QED) is 0.862. The SMILES string of the molecule is CCn1ccnc1C(NC)c1ncc(C)cn1. The second kappa shape index (κ2) is 5.05. The summed E-state index contributed by atoms with van der Waals surface area (Å²) < 4.78 is 2.09. The first-order valence-corrected chi connectivity index (χ1v) is 5.73. The molecule has 0 amide bonds. The summed E-state index contributed by atoms with van der Waals surface area (Å²) in [7, 11) is 1.89. The van der Waals surface area contributed by atoms with Crippen LogP contribution in [0.5, 0.6) is 0 Å². The Kier molecular flexibility index (Phi) is 3.49. The van der Waals surface area contributed by atoms with Crippen LogP contribution in [0.15, 0.2) is 24.8 Å². The van der Waals surface area contributed by atoms with Crippen LogP contribution < -0.4 is 5.32 Å². The van der Waals surface area contributed by atoms with E-state index in [0.717, 1.165) is 23.8 Å². The Balaban J connectivity index is 2.36. The molecule has 0 bridgehead atoms. The van der Waals surface area contributed by atoms with Gasteiger partial charge in [0, 0.05) is 31.3 Å². The van der Waals surface area contributed by atoms with Gasteiger partial charge in [-0.3, -0.25) is 0 Å². The maximum absolute atomic E-state index is 4.38. The molecular formula is C12H17N5. The van der Waals surface area contributed by atoms with Crippen molar-refractivity contribution in [1.29, 1.82) is 0 Å². The van der Waals surface area contributed by atoms with Crippen LogP contribution in [0.2, 0.25) is 0 Å². The Hall–Kier alpha value is -1.75. The van der Waals surface area contributed by atoms with Gasteiger partial charge in [0.1, 0.15) is 11.9 Å². The van der Waals surface area contributed by atoms with E-state index in [0.29, 0.717) is 0 Å². The van der Waals surface area contributed by atoms with E-state index in [1.165, 1.54) is 0 Å². The third-order valence-electron chi connectivity index (χ3n) is 2.69. The van der Waals surface area contributed by atoms with Crippen LogP contribution in [-0.4, -0.2) is 26.6 Å². The Morgan fingerprint density at radius 1 is 1.29 bits per heavy atom. The van der Waals surface area contributed by atoms with Gasteiger partial charge < -0.3 is 9.88 Å². The average molecular weight is 231 g/mol. The first-order chi connectivity index (χ1) is 8.26. The summed E-state index contributed by atoms with van der Waals surface area (Å²) in [5.41, 5.74) is 1.06. The Morgan fingerprint density at radius 3 is 2.59 bits per heavy atom. The lowest BCUT2D eigenvalue weighted by atomic mass is 10.2. The minimum atomic E-state index is -0.0643. The number of rotatable bonds is 4. The van der Waals surface area contributed by atoms with Crippen molar-refractivity contribution in [2.45, 2.75) is 26.4 Å². The van der Waals surface area contributed by atoms with Crippen LogP contribution in [0.3, 0.4) is 0 Å².